The van der Waals surface area contributed by atoms with Crippen LogP contribution in [0.1, 0.15) is 71.9 Å². The second kappa shape index (κ2) is 16.6. The van der Waals surface area contributed by atoms with Gasteiger partial charge in [0.15, 0.2) is 0 Å². The normalized spacial score (nSPS) is 14.2. The summed E-state index contributed by atoms with van der Waals surface area (Å²) in [6.07, 6.45) is 0.561. The van der Waals surface area contributed by atoms with Gasteiger partial charge < -0.3 is 30.5 Å². The first-order valence-corrected chi connectivity index (χ1v) is 14.4. The number of amides is 3. The first-order chi connectivity index (χ1) is 19.4. The molecular formula is C32H47N3O6. The second-order valence-corrected chi connectivity index (χ2v) is 11.5. The molecule has 2 aromatic rings. The molecule has 2 aromatic carbocycles. The van der Waals surface area contributed by atoms with Crippen molar-refractivity contribution in [3.05, 3.63) is 65.7 Å². The molecule has 0 radical (unpaired) electrons. The van der Waals surface area contributed by atoms with Crippen LogP contribution in [0.15, 0.2) is 54.6 Å². The quantitative estimate of drug-likeness (QED) is 0.234. The molecule has 0 saturated carbocycles. The molecule has 9 heteroatoms. The highest BCUT2D eigenvalue weighted by Gasteiger charge is 2.29. The molecule has 226 valence electrons. The third-order valence-corrected chi connectivity index (χ3v) is 6.39. The number of nitrogens with one attached hydrogen (secondary N) is 3. The first-order valence-electron chi connectivity index (χ1n) is 14.4. The molecule has 3 amide bonds. The van der Waals surface area contributed by atoms with Crippen LogP contribution in [0.5, 0.6) is 5.75 Å². The van der Waals surface area contributed by atoms with E-state index in [0.29, 0.717) is 25.3 Å². The monoisotopic (exact) mass is 569 g/mol. The summed E-state index contributed by atoms with van der Waals surface area (Å²) in [7, 11) is 0. The fraction of sp³-hybridized carbons (Fsp3) is 0.531. The van der Waals surface area contributed by atoms with Crippen molar-refractivity contribution in [1.29, 1.82) is 0 Å². The van der Waals surface area contributed by atoms with Crippen molar-refractivity contribution in [3.63, 3.8) is 0 Å². The maximum atomic E-state index is 13.1. The van der Waals surface area contributed by atoms with Gasteiger partial charge in [-0.25, -0.2) is 4.79 Å². The van der Waals surface area contributed by atoms with Crippen LogP contribution >= 0.6 is 0 Å². The maximum Gasteiger partial charge on any atom is 0.408 e. The van der Waals surface area contributed by atoms with Crippen LogP contribution in [-0.4, -0.2) is 53.3 Å². The maximum absolute atomic E-state index is 13.1. The Morgan fingerprint density at radius 1 is 0.927 bits per heavy atom. The van der Waals surface area contributed by atoms with Crippen LogP contribution in [-0.2, 0) is 27.4 Å². The SMILES string of the molecule is CCCCNC(=O)[C@@H](C)C[C@@H](O)[C@H](Cc1cccc(OCc2ccccc2)c1)NC(=O)[C@H](C)NC(=O)OC(C)(C)C. The smallest absolute Gasteiger partial charge is 0.408 e. The molecular weight excluding hydrogens is 522 g/mol. The number of aliphatic hydroxyl groups excluding tert-OH is 1. The number of hydrogen-bond acceptors (Lipinski definition) is 6. The van der Waals surface area contributed by atoms with E-state index in [1.165, 1.54) is 0 Å². The molecule has 9 nitrogen and oxygen atoms in total. The zero-order valence-electron chi connectivity index (χ0n) is 25.2. The van der Waals surface area contributed by atoms with E-state index in [0.717, 1.165) is 24.0 Å². The minimum Gasteiger partial charge on any atom is -0.489 e. The largest absolute Gasteiger partial charge is 0.489 e. The van der Waals surface area contributed by atoms with Gasteiger partial charge >= 0.3 is 6.09 Å². The zero-order chi connectivity index (χ0) is 30.4. The van der Waals surface area contributed by atoms with Gasteiger partial charge in [0.1, 0.15) is 24.0 Å². The lowest BCUT2D eigenvalue weighted by Crippen LogP contribution is -2.53. The van der Waals surface area contributed by atoms with E-state index >= 15 is 0 Å². The summed E-state index contributed by atoms with van der Waals surface area (Å²) in [5, 5.41) is 19.5. The number of carbonyl (C=O) groups excluding carboxylic acids is 3. The summed E-state index contributed by atoms with van der Waals surface area (Å²) in [4.78, 5) is 37.8. The molecule has 41 heavy (non-hydrogen) atoms. The van der Waals surface area contributed by atoms with Crippen molar-refractivity contribution >= 4 is 17.9 Å². The average Bonchev–Trinajstić information content (AvgIpc) is 2.91. The van der Waals surface area contributed by atoms with Crippen LogP contribution in [0.4, 0.5) is 4.79 Å². The van der Waals surface area contributed by atoms with Gasteiger partial charge in [-0.05, 0) is 70.2 Å². The molecule has 4 N–H and O–H groups in total. The molecule has 4 atom stereocenters. The number of alkyl carbamates (subject to hydrolysis) is 1. The molecule has 0 saturated heterocycles. The van der Waals surface area contributed by atoms with E-state index in [9.17, 15) is 19.5 Å². The summed E-state index contributed by atoms with van der Waals surface area (Å²) in [6.45, 7) is 11.6. The Morgan fingerprint density at radius 3 is 2.27 bits per heavy atom. The molecule has 0 fully saturated rings. The second-order valence-electron chi connectivity index (χ2n) is 11.5. The number of benzene rings is 2. The van der Waals surface area contributed by atoms with E-state index in [1.807, 2.05) is 61.5 Å². The lowest BCUT2D eigenvalue weighted by Gasteiger charge is -2.28. The summed E-state index contributed by atoms with van der Waals surface area (Å²) >= 11 is 0. The third-order valence-electron chi connectivity index (χ3n) is 6.39. The molecule has 0 aliphatic heterocycles. The van der Waals surface area contributed by atoms with Crippen molar-refractivity contribution in [1.82, 2.24) is 16.0 Å². The van der Waals surface area contributed by atoms with E-state index in [4.69, 9.17) is 9.47 Å². The Balaban J connectivity index is 2.13. The van der Waals surface area contributed by atoms with Crippen molar-refractivity contribution < 1.29 is 29.0 Å². The fourth-order valence-corrected chi connectivity index (χ4v) is 4.09. The van der Waals surface area contributed by atoms with Crippen molar-refractivity contribution in [2.24, 2.45) is 5.92 Å². The Kier molecular flexibility index (Phi) is 13.6. The summed E-state index contributed by atoms with van der Waals surface area (Å²) < 4.78 is 11.2. The van der Waals surface area contributed by atoms with Gasteiger partial charge in [0.25, 0.3) is 0 Å². The summed E-state index contributed by atoms with van der Waals surface area (Å²) in [6, 6.07) is 15.7. The van der Waals surface area contributed by atoms with Gasteiger partial charge in [0.2, 0.25) is 11.8 Å². The van der Waals surface area contributed by atoms with Crippen molar-refractivity contribution in [3.8, 4) is 5.75 Å². The van der Waals surface area contributed by atoms with Gasteiger partial charge in [0, 0.05) is 12.5 Å². The Bertz CT molecular complexity index is 1100. The molecule has 0 spiro atoms. The minimum atomic E-state index is -1.02. The Hall–Kier alpha value is -3.59. The number of unbranched alkanes of at least 4 members (excludes halogenated alkanes) is 1. The lowest BCUT2D eigenvalue weighted by atomic mass is 9.93. The molecule has 0 bridgehead atoms. The molecule has 0 aliphatic carbocycles. The standard InChI is InChI=1S/C32H47N3O6/c1-7-8-17-33-29(37)22(2)18-28(36)27(35-30(38)23(3)34-31(39)41-32(4,5)6)20-25-15-12-16-26(19-25)40-21-24-13-10-9-11-14-24/h9-16,19,22-23,27-28,36H,7-8,17-18,20-21H2,1-6H3,(H,33,37)(H,34,39)(H,35,38)/t22-,23-,27-,28+/m0/s1. The lowest BCUT2D eigenvalue weighted by molar-refractivity contribution is -0.126. The number of aliphatic hydroxyl groups is 1. The van der Waals surface area contributed by atoms with E-state index in [1.54, 1.807) is 34.6 Å². The number of hydrogen-bond donors (Lipinski definition) is 4. The minimum absolute atomic E-state index is 0.140. The van der Waals surface area contributed by atoms with Crippen LogP contribution in [0.2, 0.25) is 0 Å². The predicted molar refractivity (Wildman–Crippen MR) is 159 cm³/mol. The first kappa shape index (κ1) is 33.6. The molecule has 2 rings (SSSR count). The topological polar surface area (TPSA) is 126 Å². The van der Waals surface area contributed by atoms with Crippen LogP contribution in [0.25, 0.3) is 0 Å². The van der Waals surface area contributed by atoms with Gasteiger partial charge in [-0.15, -0.1) is 0 Å². The van der Waals surface area contributed by atoms with E-state index in [2.05, 4.69) is 16.0 Å². The number of ether oxygens (including phenoxy) is 2. The zero-order valence-corrected chi connectivity index (χ0v) is 25.2. The van der Waals surface area contributed by atoms with Gasteiger partial charge in [-0.1, -0.05) is 62.7 Å². The van der Waals surface area contributed by atoms with Crippen LogP contribution < -0.4 is 20.7 Å². The molecule has 0 aromatic heterocycles. The highest BCUT2D eigenvalue weighted by molar-refractivity contribution is 5.85. The third kappa shape index (κ3) is 13.1. The highest BCUT2D eigenvalue weighted by Crippen LogP contribution is 2.19. The van der Waals surface area contributed by atoms with Crippen LogP contribution in [0.3, 0.4) is 0 Å². The van der Waals surface area contributed by atoms with Crippen LogP contribution in [0, 0.1) is 5.92 Å². The van der Waals surface area contributed by atoms with Crippen molar-refractivity contribution in [2.45, 2.75) is 97.6 Å². The van der Waals surface area contributed by atoms with Gasteiger partial charge in [0.05, 0.1) is 12.1 Å². The van der Waals surface area contributed by atoms with Crippen molar-refractivity contribution in [2.75, 3.05) is 6.54 Å². The van der Waals surface area contributed by atoms with Gasteiger partial charge in [-0.2, -0.15) is 0 Å². The van der Waals surface area contributed by atoms with E-state index < -0.39 is 41.7 Å². The Labute approximate surface area is 244 Å². The average molecular weight is 570 g/mol. The highest BCUT2D eigenvalue weighted by atomic mass is 16.6. The van der Waals surface area contributed by atoms with Gasteiger partial charge in [-0.3, -0.25) is 9.59 Å². The summed E-state index contributed by atoms with van der Waals surface area (Å²) in [5.41, 5.74) is 1.17. The predicted octanol–water partition coefficient (Wildman–Crippen LogP) is 4.51. The Morgan fingerprint density at radius 2 is 1.61 bits per heavy atom. The molecule has 0 aliphatic rings. The van der Waals surface area contributed by atoms with E-state index in [-0.39, 0.29) is 12.3 Å². The summed E-state index contributed by atoms with van der Waals surface area (Å²) in [5.74, 6) is -0.413. The molecule has 0 unspecified atom stereocenters. The molecule has 0 heterocycles. The number of rotatable bonds is 15. The number of carbonyl (C=O) groups is 3. The fourth-order valence-electron chi connectivity index (χ4n) is 4.09.